The molecule has 7 nitrogen and oxygen atoms in total. The summed E-state index contributed by atoms with van der Waals surface area (Å²) in [5.74, 6) is -1.23. The third-order valence-electron chi connectivity index (χ3n) is 5.41. The molecule has 1 aliphatic rings. The highest BCUT2D eigenvalue weighted by Crippen LogP contribution is 2.26. The Morgan fingerprint density at radius 2 is 1.45 bits per heavy atom. The lowest BCUT2D eigenvalue weighted by Crippen LogP contribution is -2.29. The van der Waals surface area contributed by atoms with E-state index in [0.717, 1.165) is 10.5 Å². The number of pyridine rings is 1. The van der Waals surface area contributed by atoms with Crippen molar-refractivity contribution in [3.63, 3.8) is 0 Å². The van der Waals surface area contributed by atoms with Gasteiger partial charge in [0.25, 0.3) is 17.7 Å². The van der Waals surface area contributed by atoms with E-state index < -0.39 is 23.1 Å². The van der Waals surface area contributed by atoms with Crippen LogP contribution in [0.4, 0.5) is 5.69 Å². The predicted octanol–water partition coefficient (Wildman–Crippen LogP) is 4.36. The van der Waals surface area contributed by atoms with Crippen molar-refractivity contribution in [3.05, 3.63) is 94.8 Å². The van der Waals surface area contributed by atoms with Crippen LogP contribution < -0.4 is 5.32 Å². The van der Waals surface area contributed by atoms with Crippen LogP contribution >= 0.6 is 0 Å². The highest BCUT2D eigenvalue weighted by Gasteiger charge is 2.36. The molecule has 1 aliphatic heterocycles. The molecule has 0 fully saturated rings. The molecule has 0 spiro atoms. The van der Waals surface area contributed by atoms with E-state index >= 15 is 0 Å². The molecule has 0 aliphatic carbocycles. The molecule has 0 bridgehead atoms. The summed E-state index contributed by atoms with van der Waals surface area (Å²) >= 11 is 0. The van der Waals surface area contributed by atoms with E-state index in [-0.39, 0.29) is 29.0 Å². The smallest absolute Gasteiger partial charge is 0.261 e. The van der Waals surface area contributed by atoms with Gasteiger partial charge in [-0.05, 0) is 60.2 Å². The van der Waals surface area contributed by atoms with Crippen LogP contribution in [0.25, 0.3) is 0 Å². The topological polar surface area (TPSA) is 96.4 Å². The molecule has 2 aromatic carbocycles. The van der Waals surface area contributed by atoms with Crippen LogP contribution in [0.3, 0.4) is 0 Å². The van der Waals surface area contributed by atoms with Crippen LogP contribution in [0, 0.1) is 5.41 Å². The fourth-order valence-electron chi connectivity index (χ4n) is 3.59. The Kier molecular flexibility index (Phi) is 5.64. The monoisotopic (exact) mass is 441 g/mol. The number of rotatable bonds is 5. The number of ketones is 1. The summed E-state index contributed by atoms with van der Waals surface area (Å²) in [5, 5.41) is 2.76. The number of carbonyl (C=O) groups excluding carboxylic acids is 4. The number of imide groups is 1. The zero-order valence-corrected chi connectivity index (χ0v) is 18.6. The Hall–Kier alpha value is -4.13. The summed E-state index contributed by atoms with van der Waals surface area (Å²) in [7, 11) is 0. The van der Waals surface area contributed by atoms with Crippen LogP contribution in [0.2, 0.25) is 0 Å². The molecule has 1 N–H and O–H groups in total. The average Bonchev–Trinajstić information content (AvgIpc) is 3.03. The van der Waals surface area contributed by atoms with Crippen molar-refractivity contribution in [1.82, 2.24) is 9.88 Å². The summed E-state index contributed by atoms with van der Waals surface area (Å²) in [6.07, 6.45) is 3.20. The van der Waals surface area contributed by atoms with E-state index in [9.17, 15) is 19.2 Å². The normalized spacial score (nSPS) is 13.1. The standard InChI is InChI=1S/C26H23N3O4/c1-26(2,3)22(30)17-4-7-19(8-5-17)28-23(31)18-6-9-20-21(14-18)25(33)29(24(20)32)15-16-10-12-27-13-11-16/h4-14H,15H2,1-3H3,(H,28,31). The second kappa shape index (κ2) is 8.43. The van der Waals surface area contributed by atoms with Crippen molar-refractivity contribution in [2.45, 2.75) is 27.3 Å². The van der Waals surface area contributed by atoms with Crippen molar-refractivity contribution >= 4 is 29.2 Å². The molecule has 7 heteroatoms. The van der Waals surface area contributed by atoms with Crippen molar-refractivity contribution in [1.29, 1.82) is 0 Å². The molecule has 0 saturated carbocycles. The second-order valence-corrected chi connectivity index (χ2v) is 8.92. The first kappa shape index (κ1) is 22.1. The lowest BCUT2D eigenvalue weighted by atomic mass is 9.86. The minimum atomic E-state index is -0.496. The van der Waals surface area contributed by atoms with E-state index in [1.165, 1.54) is 18.2 Å². The number of fused-ring (bicyclic) bond motifs is 1. The van der Waals surface area contributed by atoms with Crippen LogP contribution in [-0.4, -0.2) is 33.4 Å². The van der Waals surface area contributed by atoms with Gasteiger partial charge in [0.05, 0.1) is 17.7 Å². The predicted molar refractivity (Wildman–Crippen MR) is 123 cm³/mol. The van der Waals surface area contributed by atoms with Crippen LogP contribution in [0.15, 0.2) is 67.0 Å². The summed E-state index contributed by atoms with van der Waals surface area (Å²) in [6.45, 7) is 5.69. The molecule has 0 radical (unpaired) electrons. The number of hydrogen-bond acceptors (Lipinski definition) is 5. The fraction of sp³-hybridized carbons (Fsp3) is 0.192. The molecule has 166 valence electrons. The van der Waals surface area contributed by atoms with E-state index in [1.807, 2.05) is 20.8 Å². The Balaban J connectivity index is 1.50. The van der Waals surface area contributed by atoms with Gasteiger partial charge in [0.1, 0.15) is 0 Å². The van der Waals surface area contributed by atoms with Gasteiger partial charge in [-0.25, -0.2) is 0 Å². The third kappa shape index (κ3) is 4.43. The fourth-order valence-corrected chi connectivity index (χ4v) is 3.59. The zero-order valence-electron chi connectivity index (χ0n) is 18.6. The van der Waals surface area contributed by atoms with Gasteiger partial charge in [-0.15, -0.1) is 0 Å². The van der Waals surface area contributed by atoms with Gasteiger partial charge in [0.15, 0.2) is 5.78 Å². The number of nitrogens with one attached hydrogen (secondary N) is 1. The van der Waals surface area contributed by atoms with E-state index in [2.05, 4.69) is 10.3 Å². The number of anilines is 1. The van der Waals surface area contributed by atoms with Gasteiger partial charge in [0, 0.05) is 34.6 Å². The maximum Gasteiger partial charge on any atom is 0.261 e. The third-order valence-corrected chi connectivity index (χ3v) is 5.41. The SMILES string of the molecule is CC(C)(C)C(=O)c1ccc(NC(=O)c2ccc3c(c2)C(=O)N(Cc2ccncc2)C3=O)cc1. The van der Waals surface area contributed by atoms with E-state index in [0.29, 0.717) is 11.3 Å². The van der Waals surface area contributed by atoms with E-state index in [4.69, 9.17) is 0 Å². The van der Waals surface area contributed by atoms with Gasteiger partial charge in [0.2, 0.25) is 0 Å². The van der Waals surface area contributed by atoms with Gasteiger partial charge < -0.3 is 5.32 Å². The molecule has 3 amide bonds. The number of amides is 3. The number of aromatic nitrogens is 1. The van der Waals surface area contributed by atoms with Crippen LogP contribution in [0.1, 0.15) is 67.8 Å². The number of carbonyl (C=O) groups is 4. The molecule has 4 rings (SSSR count). The molecule has 3 aromatic rings. The van der Waals surface area contributed by atoms with Gasteiger partial charge in [-0.1, -0.05) is 20.8 Å². The maximum atomic E-state index is 12.9. The van der Waals surface area contributed by atoms with Crippen molar-refractivity contribution in [2.24, 2.45) is 5.41 Å². The Labute approximate surface area is 191 Å². The first-order chi connectivity index (χ1) is 15.6. The van der Waals surface area contributed by atoms with Gasteiger partial charge >= 0.3 is 0 Å². The summed E-state index contributed by atoms with van der Waals surface area (Å²) in [6, 6.07) is 14.6. The molecular formula is C26H23N3O4. The Bertz CT molecular complexity index is 1260. The largest absolute Gasteiger partial charge is 0.322 e. The zero-order chi connectivity index (χ0) is 23.8. The molecule has 0 atom stereocenters. The highest BCUT2D eigenvalue weighted by atomic mass is 16.2. The van der Waals surface area contributed by atoms with Gasteiger partial charge in [-0.3, -0.25) is 29.1 Å². The molecule has 1 aromatic heterocycles. The summed E-state index contributed by atoms with van der Waals surface area (Å²) in [5.41, 5.74) is 2.11. The summed E-state index contributed by atoms with van der Waals surface area (Å²) in [4.78, 5) is 55.8. The second-order valence-electron chi connectivity index (χ2n) is 8.92. The minimum Gasteiger partial charge on any atom is -0.322 e. The maximum absolute atomic E-state index is 12.9. The van der Waals surface area contributed by atoms with Crippen molar-refractivity contribution < 1.29 is 19.2 Å². The van der Waals surface area contributed by atoms with Crippen molar-refractivity contribution in [2.75, 3.05) is 5.32 Å². The highest BCUT2D eigenvalue weighted by molar-refractivity contribution is 6.22. The van der Waals surface area contributed by atoms with Crippen LogP contribution in [-0.2, 0) is 6.54 Å². The summed E-state index contributed by atoms with van der Waals surface area (Å²) < 4.78 is 0. The first-order valence-electron chi connectivity index (χ1n) is 10.5. The molecule has 33 heavy (non-hydrogen) atoms. The number of Topliss-reactive ketones (excluding diaryl/α,β-unsaturated/α-hetero) is 1. The molecular weight excluding hydrogens is 418 g/mol. The minimum absolute atomic E-state index is 0.0125. The molecule has 0 saturated heterocycles. The molecule has 0 unspecified atom stereocenters. The number of hydrogen-bond donors (Lipinski definition) is 1. The van der Waals surface area contributed by atoms with Gasteiger partial charge in [-0.2, -0.15) is 0 Å². The number of benzene rings is 2. The quantitative estimate of drug-likeness (QED) is 0.469. The first-order valence-corrected chi connectivity index (χ1v) is 10.5. The lowest BCUT2D eigenvalue weighted by molar-refractivity contribution is 0.0641. The van der Waals surface area contributed by atoms with Crippen molar-refractivity contribution in [3.8, 4) is 0 Å². The Morgan fingerprint density at radius 3 is 2.09 bits per heavy atom. The lowest BCUT2D eigenvalue weighted by Gasteiger charge is -2.16. The van der Waals surface area contributed by atoms with Crippen LogP contribution in [0.5, 0.6) is 0 Å². The average molecular weight is 441 g/mol. The van der Waals surface area contributed by atoms with E-state index in [1.54, 1.807) is 48.8 Å². The molecule has 2 heterocycles. The Morgan fingerprint density at radius 1 is 0.848 bits per heavy atom. The number of nitrogens with zero attached hydrogens (tertiary/aromatic N) is 2.